The second-order valence-electron chi connectivity index (χ2n) is 6.49. The summed E-state index contributed by atoms with van der Waals surface area (Å²) in [6.45, 7) is 12.9. The molecular weight excluding hydrogens is 238 g/mol. The number of hydrogen-bond donors (Lipinski definition) is 1. The molecule has 1 unspecified atom stereocenters. The Morgan fingerprint density at radius 1 is 1.47 bits per heavy atom. The monoisotopic (exact) mass is 265 g/mol. The van der Waals surface area contributed by atoms with E-state index in [1.54, 1.807) is 0 Å². The Hall–Kier alpha value is -0.870. The molecule has 0 radical (unpaired) electrons. The van der Waals surface area contributed by atoms with Crippen LogP contribution in [0.4, 0.5) is 0 Å². The van der Waals surface area contributed by atoms with E-state index in [1.807, 2.05) is 6.20 Å². The first-order valence-electron chi connectivity index (χ1n) is 7.40. The summed E-state index contributed by atoms with van der Waals surface area (Å²) >= 11 is 0. The highest BCUT2D eigenvalue weighted by molar-refractivity contribution is 5.06. The van der Waals surface area contributed by atoms with E-state index in [9.17, 15) is 0 Å². The van der Waals surface area contributed by atoms with Gasteiger partial charge in [0.05, 0.1) is 12.7 Å². The molecule has 1 N–H and O–H groups in total. The van der Waals surface area contributed by atoms with Gasteiger partial charge in [0, 0.05) is 18.0 Å². The summed E-state index contributed by atoms with van der Waals surface area (Å²) in [7, 11) is 0. The number of hydrogen-bond acceptors (Lipinski definition) is 4. The Morgan fingerprint density at radius 2 is 2.26 bits per heavy atom. The normalized spacial score (nSPS) is 20.4. The van der Waals surface area contributed by atoms with Gasteiger partial charge in [0.25, 0.3) is 0 Å². The number of nitrogens with zero attached hydrogens (tertiary/aromatic N) is 2. The minimum absolute atomic E-state index is 0.0375. The first-order valence-corrected chi connectivity index (χ1v) is 7.40. The first-order chi connectivity index (χ1) is 9.00. The Balaban J connectivity index is 2.02. The highest BCUT2D eigenvalue weighted by atomic mass is 16.4. The van der Waals surface area contributed by atoms with Crippen LogP contribution >= 0.6 is 0 Å². The van der Waals surface area contributed by atoms with Crippen molar-refractivity contribution in [3.05, 3.63) is 17.8 Å². The van der Waals surface area contributed by atoms with Crippen LogP contribution in [0.1, 0.15) is 52.2 Å². The fraction of sp³-hybridized carbons (Fsp3) is 0.800. The quantitative estimate of drug-likeness (QED) is 0.888. The van der Waals surface area contributed by atoms with Crippen LogP contribution in [0.2, 0.25) is 0 Å². The molecule has 1 fully saturated rings. The first kappa shape index (κ1) is 14.5. The summed E-state index contributed by atoms with van der Waals surface area (Å²) in [5.41, 5.74) is 0.0375. The lowest BCUT2D eigenvalue weighted by atomic mass is 9.94. The van der Waals surface area contributed by atoms with Crippen LogP contribution in [-0.4, -0.2) is 35.6 Å². The van der Waals surface area contributed by atoms with E-state index < -0.39 is 0 Å². The molecule has 108 valence electrons. The third kappa shape index (κ3) is 3.80. The zero-order valence-corrected chi connectivity index (χ0v) is 12.7. The largest absolute Gasteiger partial charge is 0.444 e. The van der Waals surface area contributed by atoms with E-state index in [0.29, 0.717) is 6.04 Å². The van der Waals surface area contributed by atoms with Gasteiger partial charge >= 0.3 is 0 Å². The van der Waals surface area contributed by atoms with Gasteiger partial charge in [0.15, 0.2) is 0 Å². The maximum atomic E-state index is 5.91. The summed E-state index contributed by atoms with van der Waals surface area (Å²) in [4.78, 5) is 6.95. The van der Waals surface area contributed by atoms with Crippen molar-refractivity contribution < 1.29 is 4.42 Å². The number of oxazole rings is 1. The molecule has 0 bridgehead atoms. The maximum Gasteiger partial charge on any atom is 0.208 e. The third-order valence-electron chi connectivity index (χ3n) is 3.69. The van der Waals surface area contributed by atoms with Gasteiger partial charge in [-0.3, -0.25) is 4.90 Å². The van der Waals surface area contributed by atoms with Crippen molar-refractivity contribution in [1.82, 2.24) is 15.2 Å². The molecule has 4 nitrogen and oxygen atoms in total. The fourth-order valence-corrected chi connectivity index (χ4v) is 2.53. The van der Waals surface area contributed by atoms with Gasteiger partial charge in [-0.15, -0.1) is 0 Å². The number of rotatable bonds is 5. The van der Waals surface area contributed by atoms with Crippen LogP contribution in [-0.2, 0) is 12.0 Å². The smallest absolute Gasteiger partial charge is 0.208 e. The van der Waals surface area contributed by atoms with E-state index in [-0.39, 0.29) is 5.41 Å². The third-order valence-corrected chi connectivity index (χ3v) is 3.69. The summed E-state index contributed by atoms with van der Waals surface area (Å²) in [6.07, 6.45) is 4.28. The molecule has 0 aromatic carbocycles. The van der Waals surface area contributed by atoms with Crippen molar-refractivity contribution in [2.45, 2.75) is 58.5 Å². The summed E-state index contributed by atoms with van der Waals surface area (Å²) in [5, 5.41) is 3.43. The molecular formula is C15H27N3O. The van der Waals surface area contributed by atoms with Gasteiger partial charge in [-0.05, 0) is 25.9 Å². The molecule has 0 amide bonds. The van der Waals surface area contributed by atoms with Crippen molar-refractivity contribution in [2.24, 2.45) is 0 Å². The standard InChI is InChI=1S/C15H27N3O/c1-5-8-18(12-6-7-16-9-12)11-14-17-10-13(19-14)15(2,3)4/h10,12,16H,5-9,11H2,1-4H3. The molecule has 2 heterocycles. The van der Waals surface area contributed by atoms with E-state index in [0.717, 1.165) is 37.8 Å². The van der Waals surface area contributed by atoms with Crippen molar-refractivity contribution in [3.8, 4) is 0 Å². The van der Waals surface area contributed by atoms with Crippen molar-refractivity contribution in [3.63, 3.8) is 0 Å². The lowest BCUT2D eigenvalue weighted by molar-refractivity contribution is 0.178. The molecule has 0 aliphatic carbocycles. The molecule has 1 aromatic heterocycles. The van der Waals surface area contributed by atoms with Crippen LogP contribution in [0.5, 0.6) is 0 Å². The van der Waals surface area contributed by atoms with Crippen LogP contribution in [0.25, 0.3) is 0 Å². The predicted molar refractivity (Wildman–Crippen MR) is 77.2 cm³/mol. The molecule has 1 saturated heterocycles. The van der Waals surface area contributed by atoms with Crippen molar-refractivity contribution in [1.29, 1.82) is 0 Å². The van der Waals surface area contributed by atoms with Gasteiger partial charge in [-0.1, -0.05) is 27.7 Å². The Morgan fingerprint density at radius 3 is 2.79 bits per heavy atom. The van der Waals surface area contributed by atoms with Crippen LogP contribution in [0, 0.1) is 0 Å². The van der Waals surface area contributed by atoms with Gasteiger partial charge in [0.1, 0.15) is 5.76 Å². The second kappa shape index (κ2) is 6.06. The van der Waals surface area contributed by atoms with Gasteiger partial charge < -0.3 is 9.73 Å². The average molecular weight is 265 g/mol. The SMILES string of the molecule is CCCN(Cc1ncc(C(C)(C)C)o1)C1CCNC1. The minimum atomic E-state index is 0.0375. The van der Waals surface area contributed by atoms with Crippen LogP contribution in [0.15, 0.2) is 10.6 Å². The van der Waals surface area contributed by atoms with Crippen LogP contribution in [0.3, 0.4) is 0 Å². The topological polar surface area (TPSA) is 41.3 Å². The molecule has 2 rings (SSSR count). The zero-order valence-electron chi connectivity index (χ0n) is 12.7. The lowest BCUT2D eigenvalue weighted by Gasteiger charge is -2.26. The van der Waals surface area contributed by atoms with Crippen molar-refractivity contribution >= 4 is 0 Å². The molecule has 19 heavy (non-hydrogen) atoms. The van der Waals surface area contributed by atoms with Gasteiger partial charge in [-0.2, -0.15) is 0 Å². The van der Waals surface area contributed by atoms with Crippen LogP contribution < -0.4 is 5.32 Å². The van der Waals surface area contributed by atoms with E-state index in [4.69, 9.17) is 4.42 Å². The van der Waals surface area contributed by atoms with Gasteiger partial charge in [0.2, 0.25) is 5.89 Å². The zero-order chi connectivity index (χ0) is 13.9. The van der Waals surface area contributed by atoms with E-state index >= 15 is 0 Å². The second-order valence-corrected chi connectivity index (χ2v) is 6.49. The molecule has 1 aromatic rings. The fourth-order valence-electron chi connectivity index (χ4n) is 2.53. The summed E-state index contributed by atoms with van der Waals surface area (Å²) < 4.78 is 5.91. The Kier molecular flexibility index (Phi) is 4.63. The highest BCUT2D eigenvalue weighted by Crippen LogP contribution is 2.23. The Bertz CT molecular complexity index is 388. The Labute approximate surface area is 116 Å². The maximum absolute atomic E-state index is 5.91. The van der Waals surface area contributed by atoms with E-state index in [1.165, 1.54) is 12.8 Å². The molecule has 1 atom stereocenters. The number of nitrogens with one attached hydrogen (secondary N) is 1. The molecule has 4 heteroatoms. The van der Waals surface area contributed by atoms with E-state index in [2.05, 4.69) is 42.9 Å². The minimum Gasteiger partial charge on any atom is -0.444 e. The molecule has 1 aliphatic heterocycles. The average Bonchev–Trinajstić information content (AvgIpc) is 2.98. The molecule has 0 spiro atoms. The van der Waals surface area contributed by atoms with Gasteiger partial charge in [-0.25, -0.2) is 4.98 Å². The molecule has 0 saturated carbocycles. The predicted octanol–water partition coefficient (Wildman–Crippen LogP) is 2.55. The summed E-state index contributed by atoms with van der Waals surface area (Å²) in [5.74, 6) is 1.83. The molecule has 1 aliphatic rings. The highest BCUT2D eigenvalue weighted by Gasteiger charge is 2.24. The number of aromatic nitrogens is 1. The summed E-state index contributed by atoms with van der Waals surface area (Å²) in [6, 6.07) is 0.630. The van der Waals surface area contributed by atoms with Crippen molar-refractivity contribution in [2.75, 3.05) is 19.6 Å². The lowest BCUT2D eigenvalue weighted by Crippen LogP contribution is -2.37.